The molecule has 5 rings (SSSR count). The number of benzene rings is 2. The smallest absolute Gasteiger partial charge is 0.270 e. The second-order valence-corrected chi connectivity index (χ2v) is 8.63. The van der Waals surface area contributed by atoms with Gasteiger partial charge in [-0.3, -0.25) is 14.6 Å². The third-order valence-electron chi connectivity index (χ3n) is 6.05. The highest BCUT2D eigenvalue weighted by Gasteiger charge is 2.31. The van der Waals surface area contributed by atoms with Crippen LogP contribution in [0.1, 0.15) is 28.9 Å². The van der Waals surface area contributed by atoms with Crippen molar-refractivity contribution in [3.8, 4) is 29.1 Å². The predicted molar refractivity (Wildman–Crippen MR) is 135 cm³/mol. The van der Waals surface area contributed by atoms with E-state index in [1.807, 2.05) is 42.5 Å². The number of amides is 2. The molecule has 0 aliphatic carbocycles. The van der Waals surface area contributed by atoms with Crippen LogP contribution in [0.25, 0.3) is 0 Å². The van der Waals surface area contributed by atoms with E-state index in [0.29, 0.717) is 22.9 Å². The highest BCUT2D eigenvalue weighted by molar-refractivity contribution is 6.03. The summed E-state index contributed by atoms with van der Waals surface area (Å²) < 4.78 is 11.7. The molecule has 1 saturated heterocycles. The Morgan fingerprint density at radius 3 is 2.83 bits per heavy atom. The van der Waals surface area contributed by atoms with E-state index >= 15 is 0 Å². The van der Waals surface area contributed by atoms with Crippen molar-refractivity contribution in [3.05, 3.63) is 78.1 Å². The summed E-state index contributed by atoms with van der Waals surface area (Å²) in [4.78, 5) is 31.8. The lowest BCUT2D eigenvalue weighted by Gasteiger charge is -2.20. The van der Waals surface area contributed by atoms with Gasteiger partial charge in [-0.25, -0.2) is 0 Å². The third-order valence-corrected chi connectivity index (χ3v) is 6.05. The Morgan fingerprint density at radius 1 is 1.17 bits per heavy atom. The van der Waals surface area contributed by atoms with Gasteiger partial charge in [0.2, 0.25) is 0 Å². The highest BCUT2D eigenvalue weighted by Crippen LogP contribution is 2.31. The first-order valence-corrected chi connectivity index (χ1v) is 11.9. The van der Waals surface area contributed by atoms with E-state index in [4.69, 9.17) is 9.47 Å². The van der Waals surface area contributed by atoms with Crippen molar-refractivity contribution in [2.45, 2.75) is 24.9 Å². The number of nitrogens with one attached hydrogen (secondary N) is 2. The number of rotatable bonds is 4. The lowest BCUT2D eigenvalue weighted by molar-refractivity contribution is -0.120. The van der Waals surface area contributed by atoms with Crippen LogP contribution in [0.15, 0.2) is 66.9 Å². The topological polar surface area (TPSA) is 92.8 Å². The molecule has 1 aromatic heterocycles. The second kappa shape index (κ2) is 10.5. The minimum Gasteiger partial charge on any atom is -0.489 e. The molecule has 2 atom stereocenters. The molecule has 182 valence electrons. The van der Waals surface area contributed by atoms with Gasteiger partial charge in [0.25, 0.3) is 11.8 Å². The standard InChI is InChI=1S/C28H26N4O4/c1-32-25-16-19(9-11-20-6-5-14-29-20)10-12-26(25)35-18-24(28(32)34)31-27(33)23-17-22(13-15-30-23)36-21-7-3-2-4-8-21/h2-4,7-8,10,12-13,15-17,20,24,29H,5-6,14,18H2,1H3,(H,31,33). The van der Waals surface area contributed by atoms with E-state index in [1.165, 1.54) is 17.2 Å². The lowest BCUT2D eigenvalue weighted by Crippen LogP contribution is -2.49. The average molecular weight is 483 g/mol. The summed E-state index contributed by atoms with van der Waals surface area (Å²) in [6, 6.07) is 17.3. The molecule has 3 aromatic rings. The number of ether oxygens (including phenoxy) is 2. The minimum atomic E-state index is -0.882. The number of nitrogens with zero attached hydrogens (tertiary/aromatic N) is 2. The van der Waals surface area contributed by atoms with Gasteiger partial charge in [-0.15, -0.1) is 0 Å². The van der Waals surface area contributed by atoms with Crippen molar-refractivity contribution >= 4 is 17.5 Å². The number of pyridine rings is 1. The van der Waals surface area contributed by atoms with Crippen molar-refractivity contribution in [1.29, 1.82) is 0 Å². The zero-order chi connectivity index (χ0) is 24.9. The van der Waals surface area contributed by atoms with Crippen LogP contribution in [0.5, 0.6) is 17.2 Å². The zero-order valence-corrected chi connectivity index (χ0v) is 19.9. The molecule has 2 aliphatic heterocycles. The molecular formula is C28H26N4O4. The van der Waals surface area contributed by atoms with Gasteiger partial charge >= 0.3 is 0 Å². The number of hydrogen-bond acceptors (Lipinski definition) is 6. The quantitative estimate of drug-likeness (QED) is 0.555. The Balaban J connectivity index is 1.28. The molecule has 2 aliphatic rings. The molecule has 2 unspecified atom stereocenters. The van der Waals surface area contributed by atoms with Crippen LogP contribution < -0.4 is 25.0 Å². The largest absolute Gasteiger partial charge is 0.489 e. The fraction of sp³-hybridized carbons (Fsp3) is 0.250. The first kappa shape index (κ1) is 23.4. The molecule has 36 heavy (non-hydrogen) atoms. The van der Waals surface area contributed by atoms with Crippen LogP contribution in [-0.2, 0) is 4.79 Å². The van der Waals surface area contributed by atoms with Crippen LogP contribution in [0.3, 0.4) is 0 Å². The third kappa shape index (κ3) is 5.32. The van der Waals surface area contributed by atoms with Gasteiger partial charge in [0.1, 0.15) is 35.6 Å². The zero-order valence-electron chi connectivity index (χ0n) is 19.9. The molecule has 2 N–H and O–H groups in total. The number of anilines is 1. The van der Waals surface area contributed by atoms with Crippen molar-refractivity contribution in [3.63, 3.8) is 0 Å². The Hall–Kier alpha value is -4.35. The lowest BCUT2D eigenvalue weighted by atomic mass is 10.1. The summed E-state index contributed by atoms with van der Waals surface area (Å²) in [5.74, 6) is 7.31. The van der Waals surface area contributed by atoms with E-state index in [2.05, 4.69) is 27.5 Å². The Labute approximate surface area is 209 Å². The van der Waals surface area contributed by atoms with E-state index < -0.39 is 11.9 Å². The molecule has 0 saturated carbocycles. The van der Waals surface area contributed by atoms with Crippen molar-refractivity contribution < 1.29 is 19.1 Å². The fourth-order valence-electron chi connectivity index (χ4n) is 4.11. The Bertz CT molecular complexity index is 1330. The van der Waals surface area contributed by atoms with E-state index in [0.717, 1.165) is 24.9 Å². The SMILES string of the molecule is CN1C(=O)C(NC(=O)c2cc(Oc3ccccc3)ccn2)COc2ccc(C#CC3CCCN3)cc21. The van der Waals surface area contributed by atoms with Crippen molar-refractivity contribution in [2.75, 3.05) is 25.1 Å². The monoisotopic (exact) mass is 482 g/mol. The van der Waals surface area contributed by atoms with Crippen LogP contribution >= 0.6 is 0 Å². The molecule has 0 spiro atoms. The van der Waals surface area contributed by atoms with Gasteiger partial charge in [0.05, 0.1) is 11.7 Å². The summed E-state index contributed by atoms with van der Waals surface area (Å²) in [6.45, 7) is 0.987. The van der Waals surface area contributed by atoms with Gasteiger partial charge in [-0.2, -0.15) is 0 Å². The van der Waals surface area contributed by atoms with E-state index in [1.54, 1.807) is 19.2 Å². The van der Waals surface area contributed by atoms with Crippen molar-refractivity contribution in [2.24, 2.45) is 0 Å². The molecule has 0 bridgehead atoms. The normalized spacial score (nSPS) is 18.8. The number of carbonyl (C=O) groups excluding carboxylic acids is 2. The van der Waals surface area contributed by atoms with Gasteiger partial charge < -0.3 is 25.0 Å². The summed E-state index contributed by atoms with van der Waals surface area (Å²) in [5.41, 5.74) is 1.55. The second-order valence-electron chi connectivity index (χ2n) is 8.63. The molecule has 8 nitrogen and oxygen atoms in total. The predicted octanol–water partition coefficient (Wildman–Crippen LogP) is 3.13. The van der Waals surface area contributed by atoms with Crippen molar-refractivity contribution in [1.82, 2.24) is 15.6 Å². The number of aromatic nitrogens is 1. The summed E-state index contributed by atoms with van der Waals surface area (Å²) in [7, 11) is 1.66. The Morgan fingerprint density at radius 2 is 2.03 bits per heavy atom. The molecule has 0 radical (unpaired) electrons. The average Bonchev–Trinajstić information content (AvgIpc) is 3.40. The maximum atomic E-state index is 13.2. The Kier molecular flexibility index (Phi) is 6.83. The molecule has 2 aromatic carbocycles. The molecule has 8 heteroatoms. The van der Waals surface area contributed by atoms with Crippen LogP contribution in [0.4, 0.5) is 5.69 Å². The first-order chi connectivity index (χ1) is 17.6. The number of fused-ring (bicyclic) bond motifs is 1. The molecule has 2 amide bonds. The first-order valence-electron chi connectivity index (χ1n) is 11.9. The summed E-state index contributed by atoms with van der Waals surface area (Å²) in [5, 5.41) is 6.10. The van der Waals surface area contributed by atoms with E-state index in [-0.39, 0.29) is 24.2 Å². The van der Waals surface area contributed by atoms with Gasteiger partial charge in [0.15, 0.2) is 0 Å². The molecule has 3 heterocycles. The van der Waals surface area contributed by atoms with Gasteiger partial charge in [-0.05, 0) is 55.8 Å². The summed E-state index contributed by atoms with van der Waals surface area (Å²) in [6.07, 6.45) is 3.66. The van der Waals surface area contributed by atoms with E-state index in [9.17, 15) is 9.59 Å². The number of carbonyl (C=O) groups is 2. The number of likely N-dealkylation sites (N-methyl/N-ethyl adjacent to an activating group) is 1. The maximum Gasteiger partial charge on any atom is 0.270 e. The maximum absolute atomic E-state index is 13.2. The number of para-hydroxylation sites is 1. The molecule has 1 fully saturated rings. The van der Waals surface area contributed by atoms with Crippen LogP contribution in [0.2, 0.25) is 0 Å². The number of hydrogen-bond donors (Lipinski definition) is 2. The van der Waals surface area contributed by atoms with Gasteiger partial charge in [0, 0.05) is 24.9 Å². The highest BCUT2D eigenvalue weighted by atomic mass is 16.5. The minimum absolute atomic E-state index is 0.000854. The van der Waals surface area contributed by atoms with Crippen LogP contribution in [-0.4, -0.2) is 49.1 Å². The van der Waals surface area contributed by atoms with Gasteiger partial charge in [-0.1, -0.05) is 30.0 Å². The van der Waals surface area contributed by atoms with Crippen LogP contribution in [0, 0.1) is 11.8 Å². The fourth-order valence-corrected chi connectivity index (χ4v) is 4.11. The molecular weight excluding hydrogens is 456 g/mol. The summed E-state index contributed by atoms with van der Waals surface area (Å²) >= 11 is 0.